The van der Waals surface area contributed by atoms with Crippen LogP contribution >= 0.6 is 11.6 Å². The number of allylic oxidation sites excluding steroid dienone is 2. The molecule has 0 fully saturated rings. The zero-order chi connectivity index (χ0) is 21.3. The first kappa shape index (κ1) is 26.1. The van der Waals surface area contributed by atoms with E-state index in [-0.39, 0.29) is 5.78 Å². The number of ketones is 1. The van der Waals surface area contributed by atoms with Crippen molar-refractivity contribution in [2.24, 2.45) is 0 Å². The third kappa shape index (κ3) is 12.4. The standard InChI is InChI=1S/C25H39ClO2S/c1-3-4-5-6-7-8-9-10-11-12-13-14-15-16-17-24(27)25(26)29(28)23-20-18-22(2)19-21-23/h9-10,18-21,25H,3-8,11-17H2,1-2H3/b10-9-. The van der Waals surface area contributed by atoms with Crippen molar-refractivity contribution >= 4 is 28.2 Å². The maximum Gasteiger partial charge on any atom is 0.171 e. The molecule has 0 aliphatic heterocycles. The molecule has 2 atom stereocenters. The van der Waals surface area contributed by atoms with Crippen LogP contribution in [0.25, 0.3) is 0 Å². The van der Waals surface area contributed by atoms with E-state index in [1.165, 1.54) is 51.4 Å². The monoisotopic (exact) mass is 438 g/mol. The third-order valence-electron chi connectivity index (χ3n) is 5.13. The molecule has 2 nitrogen and oxygen atoms in total. The smallest absolute Gasteiger partial charge is 0.171 e. The third-order valence-corrected chi connectivity index (χ3v) is 7.23. The first-order valence-electron chi connectivity index (χ1n) is 11.3. The quantitative estimate of drug-likeness (QED) is 0.141. The van der Waals surface area contributed by atoms with Gasteiger partial charge in [-0.3, -0.25) is 9.00 Å². The van der Waals surface area contributed by atoms with Crippen LogP contribution in [0.5, 0.6) is 0 Å². The van der Waals surface area contributed by atoms with E-state index in [9.17, 15) is 9.00 Å². The minimum absolute atomic E-state index is 0.104. The number of alkyl halides is 1. The fraction of sp³-hybridized carbons (Fsp3) is 0.640. The van der Waals surface area contributed by atoms with E-state index >= 15 is 0 Å². The van der Waals surface area contributed by atoms with Gasteiger partial charge in [-0.15, -0.1) is 0 Å². The van der Waals surface area contributed by atoms with Gasteiger partial charge in [-0.1, -0.05) is 93.3 Å². The number of rotatable bonds is 17. The van der Waals surface area contributed by atoms with Crippen LogP contribution in [-0.2, 0) is 15.6 Å². The van der Waals surface area contributed by atoms with Crippen LogP contribution in [0.1, 0.15) is 96.0 Å². The van der Waals surface area contributed by atoms with Gasteiger partial charge < -0.3 is 0 Å². The molecule has 0 aliphatic rings. The zero-order valence-electron chi connectivity index (χ0n) is 18.3. The molecule has 0 N–H and O–H groups in total. The van der Waals surface area contributed by atoms with Crippen LogP contribution < -0.4 is 0 Å². The van der Waals surface area contributed by atoms with Crippen molar-refractivity contribution in [3.8, 4) is 0 Å². The van der Waals surface area contributed by atoms with Gasteiger partial charge in [0.2, 0.25) is 0 Å². The Balaban J connectivity index is 2.03. The Labute approximate surface area is 186 Å². The number of carbonyl (C=O) groups excluding carboxylic acids is 1. The topological polar surface area (TPSA) is 34.1 Å². The van der Waals surface area contributed by atoms with Crippen molar-refractivity contribution in [3.05, 3.63) is 42.0 Å². The molecule has 164 valence electrons. The molecule has 0 saturated heterocycles. The summed E-state index contributed by atoms with van der Waals surface area (Å²) in [7, 11) is -1.48. The predicted molar refractivity (Wildman–Crippen MR) is 127 cm³/mol. The molecule has 0 bridgehead atoms. The summed E-state index contributed by atoms with van der Waals surface area (Å²) in [4.78, 5) is 12.8. The second-order valence-electron chi connectivity index (χ2n) is 7.87. The van der Waals surface area contributed by atoms with Crippen LogP contribution in [0.15, 0.2) is 41.3 Å². The number of hydrogen-bond donors (Lipinski definition) is 0. The highest BCUT2D eigenvalue weighted by Gasteiger charge is 2.23. The Kier molecular flexibility index (Phi) is 15.1. The lowest BCUT2D eigenvalue weighted by atomic mass is 10.1. The molecule has 2 unspecified atom stereocenters. The molecule has 4 heteroatoms. The van der Waals surface area contributed by atoms with Gasteiger partial charge in [-0.25, -0.2) is 0 Å². The highest BCUT2D eigenvalue weighted by atomic mass is 35.5. The molecule has 29 heavy (non-hydrogen) atoms. The first-order chi connectivity index (χ1) is 14.1. The molecule has 0 saturated carbocycles. The maximum absolute atomic E-state index is 12.4. The Morgan fingerprint density at radius 2 is 1.41 bits per heavy atom. The Bertz CT molecular complexity index is 610. The maximum atomic E-state index is 12.4. The zero-order valence-corrected chi connectivity index (χ0v) is 19.9. The van der Waals surface area contributed by atoms with Crippen molar-refractivity contribution in [2.75, 3.05) is 0 Å². The molecule has 1 rings (SSSR count). The van der Waals surface area contributed by atoms with Crippen LogP contribution in [0.3, 0.4) is 0 Å². The minimum atomic E-state index is -1.48. The summed E-state index contributed by atoms with van der Waals surface area (Å²) in [6, 6.07) is 7.36. The van der Waals surface area contributed by atoms with Gasteiger partial charge in [0, 0.05) is 11.3 Å². The Morgan fingerprint density at radius 1 is 0.897 bits per heavy atom. The van der Waals surface area contributed by atoms with Gasteiger partial charge in [0.1, 0.15) is 0 Å². The summed E-state index contributed by atoms with van der Waals surface area (Å²) in [6.45, 7) is 4.23. The normalized spacial score (nSPS) is 13.6. The summed E-state index contributed by atoms with van der Waals surface area (Å²) in [6.07, 6.45) is 19.6. The Morgan fingerprint density at radius 3 is 2.00 bits per heavy atom. The predicted octanol–water partition coefficient (Wildman–Crippen LogP) is 7.88. The SMILES string of the molecule is CCCCCCC/C=C\CCCCCCCC(=O)C(Cl)S(=O)c1ccc(C)cc1. The van der Waals surface area contributed by atoms with Crippen LogP contribution in [-0.4, -0.2) is 14.7 Å². The van der Waals surface area contributed by atoms with Crippen molar-refractivity contribution in [1.29, 1.82) is 0 Å². The molecule has 0 aliphatic carbocycles. The van der Waals surface area contributed by atoms with E-state index in [1.54, 1.807) is 12.1 Å². The number of halogens is 1. The van der Waals surface area contributed by atoms with Gasteiger partial charge in [0.05, 0.1) is 10.8 Å². The number of aryl methyl sites for hydroxylation is 1. The van der Waals surface area contributed by atoms with Gasteiger partial charge >= 0.3 is 0 Å². The van der Waals surface area contributed by atoms with Gasteiger partial charge in [0.25, 0.3) is 0 Å². The highest BCUT2D eigenvalue weighted by molar-refractivity contribution is 7.88. The largest absolute Gasteiger partial charge is 0.297 e. The number of Topliss-reactive ketones (excluding diaryl/α,β-unsaturated/α-hetero) is 1. The lowest BCUT2D eigenvalue weighted by molar-refractivity contribution is -0.117. The van der Waals surface area contributed by atoms with Crippen molar-refractivity contribution in [1.82, 2.24) is 0 Å². The number of hydrogen-bond acceptors (Lipinski definition) is 2. The molecule has 0 radical (unpaired) electrons. The van der Waals surface area contributed by atoms with E-state index in [2.05, 4.69) is 19.1 Å². The Hall–Kier alpha value is -0.930. The average molecular weight is 439 g/mol. The lowest BCUT2D eigenvalue weighted by Gasteiger charge is -2.09. The molecule has 0 spiro atoms. The van der Waals surface area contributed by atoms with Crippen LogP contribution in [0.2, 0.25) is 0 Å². The second-order valence-corrected chi connectivity index (χ2v) is 10.1. The number of unbranched alkanes of at least 4 members (excludes halogenated alkanes) is 10. The number of benzene rings is 1. The fourth-order valence-electron chi connectivity index (χ4n) is 3.22. The van der Waals surface area contributed by atoms with E-state index in [0.29, 0.717) is 11.3 Å². The fourth-order valence-corrected chi connectivity index (χ4v) is 4.64. The second kappa shape index (κ2) is 16.8. The molecule has 1 aromatic rings. The van der Waals surface area contributed by atoms with Crippen molar-refractivity contribution < 1.29 is 9.00 Å². The molecule has 0 aromatic heterocycles. The van der Waals surface area contributed by atoms with Gasteiger partial charge in [-0.2, -0.15) is 0 Å². The van der Waals surface area contributed by atoms with Gasteiger partial charge in [-0.05, 0) is 51.2 Å². The molecule has 0 heterocycles. The lowest BCUT2D eigenvalue weighted by Crippen LogP contribution is -2.20. The summed E-state index contributed by atoms with van der Waals surface area (Å²) in [5, 5.41) is 0. The summed E-state index contributed by atoms with van der Waals surface area (Å²) >= 11 is 6.16. The molecule has 0 amide bonds. The molecular weight excluding hydrogens is 400 g/mol. The van der Waals surface area contributed by atoms with Crippen molar-refractivity contribution in [2.45, 2.75) is 107 Å². The average Bonchev–Trinajstić information content (AvgIpc) is 2.73. The van der Waals surface area contributed by atoms with Crippen LogP contribution in [0.4, 0.5) is 0 Å². The van der Waals surface area contributed by atoms with E-state index < -0.39 is 15.5 Å². The van der Waals surface area contributed by atoms with E-state index in [0.717, 1.165) is 31.2 Å². The van der Waals surface area contributed by atoms with E-state index in [1.807, 2.05) is 19.1 Å². The molecule has 1 aromatic carbocycles. The summed E-state index contributed by atoms with van der Waals surface area (Å²) in [5.41, 5.74) is 1.10. The first-order valence-corrected chi connectivity index (χ1v) is 13.0. The summed E-state index contributed by atoms with van der Waals surface area (Å²) in [5.74, 6) is -0.104. The number of carbonyl (C=O) groups is 1. The molecular formula is C25H39ClO2S. The van der Waals surface area contributed by atoms with Crippen LogP contribution in [0, 0.1) is 6.92 Å². The van der Waals surface area contributed by atoms with Crippen molar-refractivity contribution in [3.63, 3.8) is 0 Å². The van der Waals surface area contributed by atoms with Gasteiger partial charge in [0.15, 0.2) is 10.5 Å². The van der Waals surface area contributed by atoms with E-state index in [4.69, 9.17) is 11.6 Å². The summed E-state index contributed by atoms with van der Waals surface area (Å²) < 4.78 is 11.5. The minimum Gasteiger partial charge on any atom is -0.297 e. The highest BCUT2D eigenvalue weighted by Crippen LogP contribution is 2.18.